The van der Waals surface area contributed by atoms with Crippen molar-refractivity contribution in [2.75, 3.05) is 0 Å². The molecule has 1 aromatic carbocycles. The maximum absolute atomic E-state index is 11.6. The number of carbonyl (C=O) groups is 1. The Morgan fingerprint density at radius 3 is 2.77 bits per heavy atom. The van der Waals surface area contributed by atoms with Crippen LogP contribution in [0, 0.1) is 6.92 Å². The van der Waals surface area contributed by atoms with Gasteiger partial charge in [-0.1, -0.05) is 21.9 Å². The number of fused-ring (bicyclic) bond motifs is 1. The molecule has 126 valence electrons. The van der Waals surface area contributed by atoms with Crippen LogP contribution in [0.5, 0.6) is 5.75 Å². The average molecular weight is 363 g/mol. The van der Waals surface area contributed by atoms with Crippen molar-refractivity contribution in [1.29, 1.82) is 0 Å². The van der Waals surface area contributed by atoms with Gasteiger partial charge in [0.2, 0.25) is 5.91 Å². The van der Waals surface area contributed by atoms with Crippen LogP contribution in [0.3, 0.4) is 0 Å². The van der Waals surface area contributed by atoms with Gasteiger partial charge in [-0.2, -0.15) is 0 Å². The number of aromatic nitrogens is 2. The molecule has 0 unspecified atom stereocenters. The van der Waals surface area contributed by atoms with Gasteiger partial charge in [0.25, 0.3) is 0 Å². The van der Waals surface area contributed by atoms with Gasteiger partial charge >= 0.3 is 0 Å². The number of amides is 1. The highest BCUT2D eigenvalue weighted by Gasteiger charge is 2.19. The van der Waals surface area contributed by atoms with Gasteiger partial charge in [0.1, 0.15) is 12.4 Å². The van der Waals surface area contributed by atoms with E-state index in [4.69, 9.17) is 44.4 Å². The maximum Gasteiger partial charge on any atom is 0.201 e. The molecule has 3 aromatic rings. The summed E-state index contributed by atoms with van der Waals surface area (Å²) in [5.74, 6) is 0.429. The van der Waals surface area contributed by atoms with Crippen molar-refractivity contribution in [3.05, 3.63) is 46.4 Å². The molecule has 3 rings (SSSR count). The van der Waals surface area contributed by atoms with E-state index in [0.29, 0.717) is 16.5 Å². The zero-order valence-electron chi connectivity index (χ0n) is 14.0. The molecule has 6 radical (unpaired) electrons. The van der Waals surface area contributed by atoms with E-state index in [0.717, 1.165) is 22.3 Å². The van der Waals surface area contributed by atoms with E-state index in [1.54, 1.807) is 18.2 Å². The van der Waals surface area contributed by atoms with Gasteiger partial charge in [-0.3, -0.25) is 4.79 Å². The number of carbonyl (C=O) groups excluding carboxylic acids is 1. The smallest absolute Gasteiger partial charge is 0.201 e. The minimum atomic E-state index is -1.92. The lowest BCUT2D eigenvalue weighted by atomic mass is 9.42. The van der Waals surface area contributed by atoms with Crippen molar-refractivity contribution < 1.29 is 14.1 Å². The summed E-state index contributed by atoms with van der Waals surface area (Å²) in [5, 5.41) is 5.74. The molecular formula is C16H13B3ClN3O3. The zero-order valence-corrected chi connectivity index (χ0v) is 14.8. The number of ether oxygens (including phenoxy) is 1. The first-order valence-corrected chi connectivity index (χ1v) is 8.11. The fourth-order valence-corrected chi connectivity index (χ4v) is 2.59. The fourth-order valence-electron chi connectivity index (χ4n) is 2.36. The van der Waals surface area contributed by atoms with Crippen molar-refractivity contribution in [3.8, 4) is 5.75 Å². The van der Waals surface area contributed by atoms with E-state index in [9.17, 15) is 4.79 Å². The Morgan fingerprint density at radius 1 is 1.35 bits per heavy atom. The second kappa shape index (κ2) is 7.15. The zero-order chi connectivity index (χ0) is 18.9. The predicted octanol–water partition coefficient (Wildman–Crippen LogP) is 1.89. The predicted molar refractivity (Wildman–Crippen MR) is 101 cm³/mol. The van der Waals surface area contributed by atoms with E-state index in [1.807, 2.05) is 13.0 Å². The molecule has 2 N–H and O–H groups in total. The van der Waals surface area contributed by atoms with E-state index in [-0.39, 0.29) is 13.2 Å². The molecule has 0 atom stereocenters. The Bertz CT molecular complexity index is 949. The molecule has 0 fully saturated rings. The minimum Gasteiger partial charge on any atom is -0.484 e. The van der Waals surface area contributed by atoms with E-state index >= 15 is 0 Å². The van der Waals surface area contributed by atoms with Gasteiger partial charge in [0.15, 0.2) is 5.76 Å². The summed E-state index contributed by atoms with van der Waals surface area (Å²) in [6.45, 7) is 2.22. The maximum atomic E-state index is 11.6. The topological polar surface area (TPSA) is 80.2 Å². The number of rotatable bonds is 6. The van der Waals surface area contributed by atoms with Crippen molar-refractivity contribution in [1.82, 2.24) is 15.5 Å². The number of nitrogens with zero attached hydrogens (tertiary/aromatic N) is 1. The molecule has 0 aliphatic carbocycles. The SMILES string of the molecule is [B]C([B])([B])C(=O)NCc1cc2cc(Cl)c(OCc3cc(C)no3)cc2[nH]1. The third-order valence-electron chi connectivity index (χ3n) is 3.61. The molecule has 0 saturated carbocycles. The van der Waals surface area contributed by atoms with Crippen molar-refractivity contribution in [2.24, 2.45) is 0 Å². The molecule has 0 aliphatic rings. The summed E-state index contributed by atoms with van der Waals surface area (Å²) >= 11 is 6.27. The molecule has 1 amide bonds. The average Bonchev–Trinajstić information content (AvgIpc) is 3.14. The largest absolute Gasteiger partial charge is 0.484 e. The third kappa shape index (κ3) is 4.27. The van der Waals surface area contributed by atoms with Crippen LogP contribution in [0.15, 0.2) is 28.8 Å². The first-order valence-electron chi connectivity index (χ1n) is 7.73. The third-order valence-corrected chi connectivity index (χ3v) is 3.90. The Kier molecular flexibility index (Phi) is 5.09. The van der Waals surface area contributed by atoms with Gasteiger partial charge in [0.05, 0.1) is 40.8 Å². The minimum absolute atomic E-state index is 0.187. The first kappa shape index (κ1) is 18.5. The van der Waals surface area contributed by atoms with Crippen LogP contribution in [0.4, 0.5) is 0 Å². The first-order chi connectivity index (χ1) is 12.2. The molecular weight excluding hydrogens is 350 g/mol. The highest BCUT2D eigenvalue weighted by molar-refractivity contribution is 6.68. The highest BCUT2D eigenvalue weighted by atomic mass is 35.5. The molecule has 26 heavy (non-hydrogen) atoms. The van der Waals surface area contributed by atoms with E-state index in [1.165, 1.54) is 0 Å². The lowest BCUT2D eigenvalue weighted by Gasteiger charge is -2.18. The van der Waals surface area contributed by atoms with E-state index < -0.39 is 11.0 Å². The Balaban J connectivity index is 1.72. The van der Waals surface area contributed by atoms with Crippen molar-refractivity contribution in [2.45, 2.75) is 25.2 Å². The molecule has 0 saturated heterocycles. The Morgan fingerprint density at radius 2 is 2.12 bits per heavy atom. The van der Waals surface area contributed by atoms with Gasteiger partial charge in [-0.25, -0.2) is 0 Å². The number of benzene rings is 1. The molecule has 2 aromatic heterocycles. The standard InChI is InChI=1S/C16H13B3ClN3O3/c1-8-2-11(26-23-8)7-25-14-5-13-9(4-12(14)20)3-10(22-13)6-21-15(24)16(17,18)19/h2-5,22H,6-7H2,1H3,(H,21,24). The summed E-state index contributed by atoms with van der Waals surface area (Å²) in [7, 11) is 16.0. The summed E-state index contributed by atoms with van der Waals surface area (Å²) in [6.07, 6.45) is 0. The summed E-state index contributed by atoms with van der Waals surface area (Å²) < 4.78 is 10.8. The molecule has 0 spiro atoms. The molecule has 10 heteroatoms. The van der Waals surface area contributed by atoms with Crippen LogP contribution in [0.1, 0.15) is 17.1 Å². The Hall–Kier alpha value is -2.28. The molecule has 0 bridgehead atoms. The number of halogens is 1. The number of H-pyrrole nitrogens is 1. The number of nitrogens with one attached hydrogen (secondary N) is 2. The van der Waals surface area contributed by atoms with Gasteiger partial charge in [-0.05, 0) is 19.1 Å². The molecule has 0 aliphatic heterocycles. The second-order valence-corrected chi connectivity index (χ2v) is 6.41. The van der Waals surface area contributed by atoms with E-state index in [2.05, 4.69) is 15.5 Å². The lowest BCUT2D eigenvalue weighted by molar-refractivity contribution is -0.120. The fraction of sp³-hybridized carbons (Fsp3) is 0.250. The van der Waals surface area contributed by atoms with Crippen molar-refractivity contribution >= 4 is 51.9 Å². The lowest BCUT2D eigenvalue weighted by Crippen LogP contribution is -2.36. The number of hydrogen-bond donors (Lipinski definition) is 2. The molecule has 2 heterocycles. The van der Waals surface area contributed by atoms with Gasteiger partial charge in [0, 0.05) is 28.7 Å². The normalized spacial score (nSPS) is 11.6. The quantitative estimate of drug-likeness (QED) is 0.656. The van der Waals surface area contributed by atoms with Crippen LogP contribution >= 0.6 is 11.6 Å². The second-order valence-electron chi connectivity index (χ2n) is 6.00. The highest BCUT2D eigenvalue weighted by Crippen LogP contribution is 2.31. The number of aromatic amines is 1. The number of aryl methyl sites for hydroxylation is 1. The van der Waals surface area contributed by atoms with Crippen LogP contribution in [-0.4, -0.2) is 39.6 Å². The molecule has 6 nitrogen and oxygen atoms in total. The van der Waals surface area contributed by atoms with Crippen LogP contribution in [-0.2, 0) is 17.9 Å². The van der Waals surface area contributed by atoms with Crippen LogP contribution in [0.2, 0.25) is 10.1 Å². The van der Waals surface area contributed by atoms with Crippen LogP contribution < -0.4 is 10.1 Å². The monoisotopic (exact) mass is 363 g/mol. The van der Waals surface area contributed by atoms with Crippen molar-refractivity contribution in [3.63, 3.8) is 0 Å². The summed E-state index contributed by atoms with van der Waals surface area (Å²) in [5.41, 5.74) is 2.30. The van der Waals surface area contributed by atoms with Gasteiger partial charge < -0.3 is 19.6 Å². The van der Waals surface area contributed by atoms with Crippen LogP contribution in [0.25, 0.3) is 10.9 Å². The summed E-state index contributed by atoms with van der Waals surface area (Å²) in [4.78, 5) is 14.8. The van der Waals surface area contributed by atoms with Gasteiger partial charge in [-0.15, -0.1) is 0 Å². The Labute approximate surface area is 159 Å². The summed E-state index contributed by atoms with van der Waals surface area (Å²) in [6, 6.07) is 7.16. The number of hydrogen-bond acceptors (Lipinski definition) is 4.